The Hall–Kier alpha value is -2.23. The van der Waals surface area contributed by atoms with Gasteiger partial charge in [0.2, 0.25) is 0 Å². The third-order valence-electron chi connectivity index (χ3n) is 5.45. The lowest BCUT2D eigenvalue weighted by molar-refractivity contribution is 0.0856. The normalized spacial score (nSPS) is 16.4. The Morgan fingerprint density at radius 3 is 2.23 bits per heavy atom. The molecule has 0 aliphatic carbocycles. The molecule has 0 radical (unpaired) electrons. The van der Waals surface area contributed by atoms with Crippen molar-refractivity contribution in [2.45, 2.75) is 25.9 Å². The largest absolute Gasteiger partial charge is 0.297 e. The van der Waals surface area contributed by atoms with Gasteiger partial charge in [-0.3, -0.25) is 14.8 Å². The number of benzene rings is 1. The summed E-state index contributed by atoms with van der Waals surface area (Å²) in [5.41, 5.74) is 4.85. The minimum Gasteiger partial charge on any atom is -0.297 e. The van der Waals surface area contributed by atoms with Crippen LogP contribution in [0, 0.1) is 6.92 Å². The van der Waals surface area contributed by atoms with E-state index in [0.717, 1.165) is 32.7 Å². The molecule has 3 nitrogen and oxygen atoms in total. The first-order chi connectivity index (χ1) is 12.5. The Morgan fingerprint density at radius 2 is 1.65 bits per heavy atom. The van der Waals surface area contributed by atoms with Crippen molar-refractivity contribution < 1.29 is 0 Å². The molecule has 26 heavy (non-hydrogen) atoms. The minimum absolute atomic E-state index is 0.102. The molecule has 1 fully saturated rings. The molecule has 0 atom stereocenters. The van der Waals surface area contributed by atoms with Crippen LogP contribution in [0.4, 0.5) is 0 Å². The summed E-state index contributed by atoms with van der Waals surface area (Å²) in [6.07, 6.45) is 7.81. The van der Waals surface area contributed by atoms with E-state index in [2.05, 4.69) is 72.1 Å². The van der Waals surface area contributed by atoms with Crippen LogP contribution in [0.25, 0.3) is 11.1 Å². The molecule has 0 spiro atoms. The van der Waals surface area contributed by atoms with E-state index in [1.165, 1.54) is 22.3 Å². The second kappa shape index (κ2) is 7.98. The number of nitrogens with zero attached hydrogens (tertiary/aromatic N) is 3. The summed E-state index contributed by atoms with van der Waals surface area (Å²) in [5, 5.41) is 0. The molecule has 0 amide bonds. The van der Waals surface area contributed by atoms with Crippen LogP contribution in [0.15, 0.2) is 68.0 Å². The molecular weight excluding hydrogens is 318 g/mol. The molecule has 0 saturated carbocycles. The number of hydrogen-bond acceptors (Lipinski definition) is 3. The SMILES string of the molecule is C=CC(C)(C=C)N1CCN(Cc2ccc(-c3cncc(C)c3)cc2)CC1. The van der Waals surface area contributed by atoms with Gasteiger partial charge in [-0.25, -0.2) is 0 Å². The summed E-state index contributed by atoms with van der Waals surface area (Å²) in [7, 11) is 0. The molecule has 3 heteroatoms. The lowest BCUT2D eigenvalue weighted by Crippen LogP contribution is -2.53. The first-order valence-electron chi connectivity index (χ1n) is 9.29. The molecule has 1 aliphatic heterocycles. The van der Waals surface area contributed by atoms with E-state index >= 15 is 0 Å². The summed E-state index contributed by atoms with van der Waals surface area (Å²) in [6, 6.07) is 11.1. The van der Waals surface area contributed by atoms with Gasteiger partial charge >= 0.3 is 0 Å². The molecule has 1 aromatic heterocycles. The first-order valence-corrected chi connectivity index (χ1v) is 9.29. The van der Waals surface area contributed by atoms with Crippen molar-refractivity contribution in [3.8, 4) is 11.1 Å². The van der Waals surface area contributed by atoms with Gasteiger partial charge in [0, 0.05) is 50.7 Å². The molecule has 2 heterocycles. The van der Waals surface area contributed by atoms with Crippen LogP contribution in [-0.4, -0.2) is 46.5 Å². The lowest BCUT2D eigenvalue weighted by Gasteiger charge is -2.43. The number of aryl methyl sites for hydroxylation is 1. The van der Waals surface area contributed by atoms with Crippen molar-refractivity contribution >= 4 is 0 Å². The Labute approximate surface area is 157 Å². The van der Waals surface area contributed by atoms with Crippen molar-refractivity contribution in [2.75, 3.05) is 26.2 Å². The summed E-state index contributed by atoms with van der Waals surface area (Å²) >= 11 is 0. The second-order valence-electron chi connectivity index (χ2n) is 7.35. The van der Waals surface area contributed by atoms with Crippen molar-refractivity contribution in [3.05, 3.63) is 79.2 Å². The molecule has 3 rings (SSSR count). The molecule has 2 aromatic rings. The van der Waals surface area contributed by atoms with E-state index < -0.39 is 0 Å². The van der Waals surface area contributed by atoms with Gasteiger partial charge in [-0.05, 0) is 36.6 Å². The average Bonchev–Trinajstić information content (AvgIpc) is 2.68. The Balaban J connectivity index is 1.59. The molecular formula is C23H29N3. The Bertz CT molecular complexity index is 747. The van der Waals surface area contributed by atoms with Gasteiger partial charge in [0.25, 0.3) is 0 Å². The van der Waals surface area contributed by atoms with Crippen LogP contribution < -0.4 is 0 Å². The molecule has 0 bridgehead atoms. The number of rotatable bonds is 6. The summed E-state index contributed by atoms with van der Waals surface area (Å²) in [6.45, 7) is 17.4. The number of hydrogen-bond donors (Lipinski definition) is 0. The smallest absolute Gasteiger partial charge is 0.0542 e. The average molecular weight is 348 g/mol. The highest BCUT2D eigenvalue weighted by Gasteiger charge is 2.28. The summed E-state index contributed by atoms with van der Waals surface area (Å²) in [5.74, 6) is 0. The van der Waals surface area contributed by atoms with Crippen molar-refractivity contribution in [2.24, 2.45) is 0 Å². The lowest BCUT2D eigenvalue weighted by atomic mass is 9.99. The van der Waals surface area contributed by atoms with E-state index in [1.807, 2.05) is 24.5 Å². The summed E-state index contributed by atoms with van der Waals surface area (Å²) in [4.78, 5) is 9.27. The zero-order valence-corrected chi connectivity index (χ0v) is 16.0. The maximum absolute atomic E-state index is 4.29. The van der Waals surface area contributed by atoms with Crippen LogP contribution in [0.1, 0.15) is 18.1 Å². The van der Waals surface area contributed by atoms with Gasteiger partial charge < -0.3 is 0 Å². The Kier molecular flexibility index (Phi) is 5.70. The van der Waals surface area contributed by atoms with Gasteiger partial charge in [0.1, 0.15) is 0 Å². The van der Waals surface area contributed by atoms with Crippen molar-refractivity contribution in [3.63, 3.8) is 0 Å². The quantitative estimate of drug-likeness (QED) is 0.726. The van der Waals surface area contributed by atoms with E-state index in [1.54, 1.807) is 0 Å². The van der Waals surface area contributed by atoms with Crippen LogP contribution >= 0.6 is 0 Å². The highest BCUT2D eigenvalue weighted by atomic mass is 15.3. The number of piperazine rings is 1. The minimum atomic E-state index is -0.102. The second-order valence-corrected chi connectivity index (χ2v) is 7.35. The fourth-order valence-corrected chi connectivity index (χ4v) is 3.50. The van der Waals surface area contributed by atoms with E-state index in [-0.39, 0.29) is 5.54 Å². The van der Waals surface area contributed by atoms with E-state index in [0.29, 0.717) is 0 Å². The molecule has 0 N–H and O–H groups in total. The fourth-order valence-electron chi connectivity index (χ4n) is 3.50. The molecule has 0 unspecified atom stereocenters. The third-order valence-corrected chi connectivity index (χ3v) is 5.45. The van der Waals surface area contributed by atoms with Crippen LogP contribution in [-0.2, 0) is 6.54 Å². The standard InChI is InChI=1S/C23H29N3/c1-5-23(4,6-2)26-13-11-25(12-14-26)18-20-7-9-21(10-8-20)22-15-19(3)16-24-17-22/h5-10,15-17H,1-2,11-14,18H2,3-4H3. The van der Waals surface area contributed by atoms with E-state index in [4.69, 9.17) is 0 Å². The topological polar surface area (TPSA) is 19.4 Å². The number of pyridine rings is 1. The number of aromatic nitrogens is 1. The molecule has 1 aliphatic rings. The van der Waals surface area contributed by atoms with Gasteiger partial charge in [0.05, 0.1) is 5.54 Å². The van der Waals surface area contributed by atoms with E-state index in [9.17, 15) is 0 Å². The van der Waals surface area contributed by atoms with Crippen LogP contribution in [0.2, 0.25) is 0 Å². The van der Waals surface area contributed by atoms with Gasteiger partial charge in [0.15, 0.2) is 0 Å². The van der Waals surface area contributed by atoms with Crippen molar-refractivity contribution in [1.82, 2.24) is 14.8 Å². The molecule has 1 saturated heterocycles. The monoisotopic (exact) mass is 347 g/mol. The maximum atomic E-state index is 4.29. The third kappa shape index (κ3) is 4.12. The molecule has 1 aromatic carbocycles. The van der Waals surface area contributed by atoms with Crippen molar-refractivity contribution in [1.29, 1.82) is 0 Å². The maximum Gasteiger partial charge on any atom is 0.0542 e. The predicted molar refractivity (Wildman–Crippen MR) is 110 cm³/mol. The highest BCUT2D eigenvalue weighted by Crippen LogP contribution is 2.22. The zero-order chi connectivity index (χ0) is 18.6. The zero-order valence-electron chi connectivity index (χ0n) is 16.0. The van der Waals surface area contributed by atoms with Crippen LogP contribution in [0.3, 0.4) is 0 Å². The van der Waals surface area contributed by atoms with Crippen LogP contribution in [0.5, 0.6) is 0 Å². The predicted octanol–water partition coefficient (Wildman–Crippen LogP) is 4.31. The first kappa shape index (κ1) is 18.6. The fraction of sp³-hybridized carbons (Fsp3) is 0.348. The van der Waals surface area contributed by atoms with Gasteiger partial charge in [-0.1, -0.05) is 36.4 Å². The Morgan fingerprint density at radius 1 is 1.00 bits per heavy atom. The van der Waals surface area contributed by atoms with Gasteiger partial charge in [-0.15, -0.1) is 13.2 Å². The molecule has 136 valence electrons. The van der Waals surface area contributed by atoms with Gasteiger partial charge in [-0.2, -0.15) is 0 Å². The highest BCUT2D eigenvalue weighted by molar-refractivity contribution is 5.63. The summed E-state index contributed by atoms with van der Waals surface area (Å²) < 4.78 is 0.